The third-order valence-corrected chi connectivity index (χ3v) is 4.63. The monoisotopic (exact) mass is 343 g/mol. The van der Waals surface area contributed by atoms with Crippen molar-refractivity contribution in [3.8, 4) is 0 Å². The molecule has 1 fully saturated rings. The van der Waals surface area contributed by atoms with Gasteiger partial charge in [0.15, 0.2) is 5.89 Å². The van der Waals surface area contributed by atoms with Gasteiger partial charge in [-0.3, -0.25) is 4.79 Å². The molecule has 0 bridgehead atoms. The number of hydrogen-bond donors (Lipinski definition) is 0. The van der Waals surface area contributed by atoms with Gasteiger partial charge in [-0.15, -0.1) is 0 Å². The largest absolute Gasteiger partial charge is 0.436 e. The van der Waals surface area contributed by atoms with Crippen LogP contribution in [0.4, 0.5) is 5.95 Å². The molecule has 8 heteroatoms. The Bertz CT molecular complexity index is 796. The fourth-order valence-corrected chi connectivity index (χ4v) is 3.25. The molecule has 4 heterocycles. The van der Waals surface area contributed by atoms with Crippen molar-refractivity contribution in [2.45, 2.75) is 26.9 Å². The van der Waals surface area contributed by atoms with Gasteiger partial charge in [-0.2, -0.15) is 0 Å². The number of hydrogen-bond acceptors (Lipinski definition) is 7. The molecule has 2 aliphatic rings. The summed E-state index contributed by atoms with van der Waals surface area (Å²) in [4.78, 5) is 29.8. The lowest BCUT2D eigenvalue weighted by atomic mass is 10.1. The van der Waals surface area contributed by atoms with Crippen LogP contribution in [-0.4, -0.2) is 58.5 Å². The summed E-state index contributed by atoms with van der Waals surface area (Å²) in [6.45, 7) is 7.48. The van der Waals surface area contributed by atoms with Crippen molar-refractivity contribution in [1.29, 1.82) is 0 Å². The van der Waals surface area contributed by atoms with Gasteiger partial charge >= 0.3 is 0 Å². The molecular weight excluding hydrogens is 322 g/mol. The SMILES string of the molecule is Cc1nc(C)c(C(=O)N2CCN(c3ncc4c(n3)CCOC4)CC2)o1. The zero-order valence-corrected chi connectivity index (χ0v) is 14.5. The summed E-state index contributed by atoms with van der Waals surface area (Å²) in [5.74, 6) is 1.50. The van der Waals surface area contributed by atoms with Crippen molar-refractivity contribution in [2.75, 3.05) is 37.7 Å². The summed E-state index contributed by atoms with van der Waals surface area (Å²) in [7, 11) is 0. The number of rotatable bonds is 2. The van der Waals surface area contributed by atoms with E-state index in [9.17, 15) is 4.79 Å². The van der Waals surface area contributed by atoms with Gasteiger partial charge in [-0.1, -0.05) is 0 Å². The van der Waals surface area contributed by atoms with Gasteiger partial charge in [0.05, 0.1) is 24.6 Å². The van der Waals surface area contributed by atoms with Gasteiger partial charge in [-0.05, 0) is 6.92 Å². The number of aryl methyl sites for hydroxylation is 2. The molecule has 25 heavy (non-hydrogen) atoms. The van der Waals surface area contributed by atoms with Crippen LogP contribution >= 0.6 is 0 Å². The number of ether oxygens (including phenoxy) is 1. The molecule has 1 saturated heterocycles. The van der Waals surface area contributed by atoms with E-state index in [1.54, 1.807) is 18.7 Å². The molecule has 0 atom stereocenters. The van der Waals surface area contributed by atoms with Crippen LogP contribution < -0.4 is 4.90 Å². The number of amides is 1. The summed E-state index contributed by atoms with van der Waals surface area (Å²) in [5, 5.41) is 0. The molecule has 1 amide bonds. The molecule has 2 aromatic rings. The molecule has 2 aromatic heterocycles. The van der Waals surface area contributed by atoms with E-state index >= 15 is 0 Å². The van der Waals surface area contributed by atoms with Crippen LogP contribution in [0.15, 0.2) is 10.6 Å². The highest BCUT2D eigenvalue weighted by Crippen LogP contribution is 2.19. The topological polar surface area (TPSA) is 84.6 Å². The van der Waals surface area contributed by atoms with Gasteiger partial charge < -0.3 is 19.0 Å². The fourth-order valence-electron chi connectivity index (χ4n) is 3.25. The Morgan fingerprint density at radius 3 is 2.68 bits per heavy atom. The highest BCUT2D eigenvalue weighted by molar-refractivity contribution is 5.92. The van der Waals surface area contributed by atoms with Crippen LogP contribution in [0, 0.1) is 13.8 Å². The Morgan fingerprint density at radius 2 is 1.96 bits per heavy atom. The van der Waals surface area contributed by atoms with Crippen molar-refractivity contribution in [1.82, 2.24) is 19.9 Å². The average molecular weight is 343 g/mol. The van der Waals surface area contributed by atoms with E-state index in [1.807, 2.05) is 6.20 Å². The number of aromatic nitrogens is 3. The number of carbonyl (C=O) groups excluding carboxylic acids is 1. The molecule has 0 unspecified atom stereocenters. The smallest absolute Gasteiger partial charge is 0.291 e. The summed E-state index contributed by atoms with van der Waals surface area (Å²) >= 11 is 0. The second-order valence-corrected chi connectivity index (χ2v) is 6.37. The molecule has 8 nitrogen and oxygen atoms in total. The number of carbonyl (C=O) groups is 1. The Labute approximate surface area is 145 Å². The number of oxazole rings is 1. The van der Waals surface area contributed by atoms with Crippen molar-refractivity contribution in [3.05, 3.63) is 34.8 Å². The van der Waals surface area contributed by atoms with Crippen molar-refractivity contribution < 1.29 is 13.9 Å². The molecule has 4 rings (SSSR count). The second kappa shape index (κ2) is 6.44. The second-order valence-electron chi connectivity index (χ2n) is 6.37. The van der Waals surface area contributed by atoms with Gasteiger partial charge in [0.25, 0.3) is 5.91 Å². The quantitative estimate of drug-likeness (QED) is 0.808. The lowest BCUT2D eigenvalue weighted by molar-refractivity contribution is 0.0711. The highest BCUT2D eigenvalue weighted by Gasteiger charge is 2.27. The third kappa shape index (κ3) is 3.09. The molecule has 0 N–H and O–H groups in total. The van der Waals surface area contributed by atoms with Crippen LogP contribution in [0.1, 0.15) is 33.4 Å². The predicted octanol–water partition coefficient (Wildman–Crippen LogP) is 1.12. The molecule has 132 valence electrons. The molecular formula is C17H21N5O3. The first kappa shape index (κ1) is 16.0. The zero-order chi connectivity index (χ0) is 17.4. The lowest BCUT2D eigenvalue weighted by Crippen LogP contribution is -2.49. The maximum Gasteiger partial charge on any atom is 0.291 e. The van der Waals surface area contributed by atoms with E-state index in [1.165, 1.54) is 0 Å². The zero-order valence-electron chi connectivity index (χ0n) is 14.5. The van der Waals surface area contributed by atoms with E-state index in [-0.39, 0.29) is 5.91 Å². The average Bonchev–Trinajstić information content (AvgIpc) is 2.99. The minimum Gasteiger partial charge on any atom is -0.436 e. The fraction of sp³-hybridized carbons (Fsp3) is 0.529. The molecule has 0 aliphatic carbocycles. The van der Waals surface area contributed by atoms with Gasteiger partial charge in [0.2, 0.25) is 11.7 Å². The van der Waals surface area contributed by atoms with Gasteiger partial charge in [-0.25, -0.2) is 15.0 Å². The number of nitrogens with zero attached hydrogens (tertiary/aromatic N) is 5. The Hall–Kier alpha value is -2.48. The third-order valence-electron chi connectivity index (χ3n) is 4.63. The summed E-state index contributed by atoms with van der Waals surface area (Å²) in [6, 6.07) is 0. The molecule has 0 spiro atoms. The highest BCUT2D eigenvalue weighted by atomic mass is 16.5. The molecule has 2 aliphatic heterocycles. The molecule has 0 saturated carbocycles. The maximum absolute atomic E-state index is 12.6. The van der Waals surface area contributed by atoms with Crippen LogP contribution in [0.5, 0.6) is 0 Å². The minimum absolute atomic E-state index is 0.0961. The number of anilines is 1. The van der Waals surface area contributed by atoms with Gasteiger partial charge in [0.1, 0.15) is 0 Å². The van der Waals surface area contributed by atoms with Crippen LogP contribution in [0.25, 0.3) is 0 Å². The first-order valence-electron chi connectivity index (χ1n) is 8.52. The maximum atomic E-state index is 12.6. The summed E-state index contributed by atoms with van der Waals surface area (Å²) < 4.78 is 10.9. The van der Waals surface area contributed by atoms with Crippen LogP contribution in [-0.2, 0) is 17.8 Å². The van der Waals surface area contributed by atoms with Crippen molar-refractivity contribution in [2.24, 2.45) is 0 Å². The standard InChI is InChI=1S/C17H21N5O3/c1-11-15(25-12(2)19-11)16(23)21-4-6-22(7-5-21)17-18-9-13-10-24-8-3-14(13)20-17/h9H,3-8,10H2,1-2H3. The van der Waals surface area contributed by atoms with Crippen molar-refractivity contribution >= 4 is 11.9 Å². The number of piperazine rings is 1. The van der Waals surface area contributed by atoms with E-state index in [2.05, 4.69) is 19.9 Å². The molecule has 0 aromatic carbocycles. The Morgan fingerprint density at radius 1 is 1.16 bits per heavy atom. The number of fused-ring (bicyclic) bond motifs is 1. The lowest BCUT2D eigenvalue weighted by Gasteiger charge is -2.34. The van der Waals surface area contributed by atoms with Crippen LogP contribution in [0.2, 0.25) is 0 Å². The Balaban J connectivity index is 1.43. The van der Waals surface area contributed by atoms with Crippen molar-refractivity contribution in [3.63, 3.8) is 0 Å². The first-order chi connectivity index (χ1) is 12.1. The van der Waals surface area contributed by atoms with E-state index in [4.69, 9.17) is 9.15 Å². The minimum atomic E-state index is -0.0961. The predicted molar refractivity (Wildman–Crippen MR) is 89.5 cm³/mol. The Kier molecular flexibility index (Phi) is 4.12. The summed E-state index contributed by atoms with van der Waals surface area (Å²) in [6.07, 6.45) is 2.68. The van der Waals surface area contributed by atoms with Crippen LogP contribution in [0.3, 0.4) is 0 Å². The van der Waals surface area contributed by atoms with E-state index in [0.717, 1.165) is 23.6 Å². The van der Waals surface area contributed by atoms with E-state index in [0.29, 0.717) is 56.7 Å². The van der Waals surface area contributed by atoms with Gasteiger partial charge in [0, 0.05) is 51.3 Å². The normalized spacial score (nSPS) is 17.5. The first-order valence-corrected chi connectivity index (χ1v) is 8.52. The summed E-state index contributed by atoms with van der Waals surface area (Å²) in [5.41, 5.74) is 2.78. The molecule has 0 radical (unpaired) electrons. The van der Waals surface area contributed by atoms with E-state index < -0.39 is 0 Å².